The van der Waals surface area contributed by atoms with Gasteiger partial charge in [-0.2, -0.15) is 0 Å². The second-order valence-electron chi connectivity index (χ2n) is 10.2. The van der Waals surface area contributed by atoms with Crippen molar-refractivity contribution in [3.8, 4) is 5.88 Å². The molecule has 13 heteroatoms. The highest BCUT2D eigenvalue weighted by atomic mass is 19.1. The molecule has 2 aromatic rings. The lowest BCUT2D eigenvalue weighted by Gasteiger charge is -2.18. The van der Waals surface area contributed by atoms with E-state index in [1.165, 1.54) is 31.0 Å². The average Bonchev–Trinajstić information content (AvgIpc) is 3.44. The number of carbonyl (C=O) groups excluding carboxylic acids is 3. The molecule has 2 atom stereocenters. The lowest BCUT2D eigenvalue weighted by Crippen LogP contribution is -2.36. The number of halogens is 1. The molecule has 12 nitrogen and oxygen atoms in total. The van der Waals surface area contributed by atoms with Crippen LogP contribution in [0, 0.1) is 11.7 Å². The lowest BCUT2D eigenvalue weighted by atomic mass is 10.1. The first-order chi connectivity index (χ1) is 18.1. The number of hydrogen-bond acceptors (Lipinski definition) is 9. The van der Waals surface area contributed by atoms with Crippen molar-refractivity contribution < 1.29 is 33.4 Å². The number of aliphatic hydroxyl groups is 1. The van der Waals surface area contributed by atoms with Gasteiger partial charge in [0.1, 0.15) is 17.5 Å². The van der Waals surface area contributed by atoms with Crippen molar-refractivity contribution in [2.45, 2.75) is 44.8 Å². The van der Waals surface area contributed by atoms with Crippen molar-refractivity contribution in [3.05, 3.63) is 35.3 Å². The summed E-state index contributed by atoms with van der Waals surface area (Å²) >= 11 is 0. The third-order valence-electron chi connectivity index (χ3n) is 6.65. The highest BCUT2D eigenvalue weighted by molar-refractivity contribution is 5.96. The van der Waals surface area contributed by atoms with Crippen LogP contribution in [0.2, 0.25) is 0 Å². The van der Waals surface area contributed by atoms with Gasteiger partial charge in [0.25, 0.3) is 17.7 Å². The van der Waals surface area contributed by atoms with Crippen LogP contribution in [0.1, 0.15) is 31.4 Å². The molecule has 1 aromatic heterocycles. The molecule has 4 N–H and O–H groups in total. The van der Waals surface area contributed by atoms with Crippen LogP contribution in [-0.4, -0.2) is 70.9 Å². The SMILES string of the molecule is CC(C)(O)C(=O)Nc1cc(F)c2c(c1)CC(CNCCC1CN(c3cnc4c(n3)NC(=O)CO4)C(=O)O1)C2. The van der Waals surface area contributed by atoms with Gasteiger partial charge in [-0.1, -0.05) is 0 Å². The predicted molar refractivity (Wildman–Crippen MR) is 133 cm³/mol. The molecule has 3 amide bonds. The van der Waals surface area contributed by atoms with Gasteiger partial charge in [0, 0.05) is 5.69 Å². The third-order valence-corrected chi connectivity index (χ3v) is 6.65. The van der Waals surface area contributed by atoms with Crippen molar-refractivity contribution >= 4 is 35.2 Å². The van der Waals surface area contributed by atoms with Gasteiger partial charge in [0.2, 0.25) is 0 Å². The molecule has 202 valence electrons. The number of aromatic nitrogens is 2. The minimum atomic E-state index is -1.56. The Hall–Kier alpha value is -3.84. The minimum absolute atomic E-state index is 0.133. The molecule has 38 heavy (non-hydrogen) atoms. The van der Waals surface area contributed by atoms with Crippen LogP contribution in [0.5, 0.6) is 5.88 Å². The minimum Gasteiger partial charge on any atom is -0.465 e. The van der Waals surface area contributed by atoms with Gasteiger partial charge >= 0.3 is 6.09 Å². The van der Waals surface area contributed by atoms with Crippen LogP contribution in [0.15, 0.2) is 18.3 Å². The number of carbonyl (C=O) groups is 3. The molecule has 2 aliphatic heterocycles. The Bertz CT molecular complexity index is 1280. The number of anilines is 3. The monoisotopic (exact) mass is 528 g/mol. The van der Waals surface area contributed by atoms with Crippen molar-refractivity contribution in [2.24, 2.45) is 5.92 Å². The molecule has 5 rings (SSSR count). The van der Waals surface area contributed by atoms with Crippen molar-refractivity contribution in [1.82, 2.24) is 15.3 Å². The molecular formula is C25H29FN6O6. The summed E-state index contributed by atoms with van der Waals surface area (Å²) in [6.07, 6.45) is 2.32. The van der Waals surface area contributed by atoms with E-state index in [0.29, 0.717) is 50.1 Å². The summed E-state index contributed by atoms with van der Waals surface area (Å²) in [6.45, 7) is 4.15. The maximum absolute atomic E-state index is 14.7. The summed E-state index contributed by atoms with van der Waals surface area (Å²) in [4.78, 5) is 45.7. The van der Waals surface area contributed by atoms with Crippen LogP contribution < -0.4 is 25.6 Å². The fraction of sp³-hybridized carbons (Fsp3) is 0.480. The van der Waals surface area contributed by atoms with Gasteiger partial charge in [-0.05, 0) is 75.4 Å². The van der Waals surface area contributed by atoms with Crippen LogP contribution in [-0.2, 0) is 27.2 Å². The highest BCUT2D eigenvalue weighted by Crippen LogP contribution is 2.32. The lowest BCUT2D eigenvalue weighted by molar-refractivity contribution is -0.130. The largest absolute Gasteiger partial charge is 0.465 e. The van der Waals surface area contributed by atoms with Gasteiger partial charge < -0.3 is 30.5 Å². The van der Waals surface area contributed by atoms with Crippen LogP contribution in [0.4, 0.5) is 26.5 Å². The van der Waals surface area contributed by atoms with E-state index in [1.807, 2.05) is 0 Å². The van der Waals surface area contributed by atoms with E-state index >= 15 is 0 Å². The quantitative estimate of drug-likeness (QED) is 0.372. The molecule has 3 aliphatic rings. The van der Waals surface area contributed by atoms with Crippen molar-refractivity contribution in [1.29, 1.82) is 0 Å². The van der Waals surface area contributed by atoms with Crippen molar-refractivity contribution in [3.63, 3.8) is 0 Å². The fourth-order valence-corrected chi connectivity index (χ4v) is 4.69. The zero-order valence-corrected chi connectivity index (χ0v) is 21.0. The van der Waals surface area contributed by atoms with Crippen LogP contribution >= 0.6 is 0 Å². The zero-order valence-electron chi connectivity index (χ0n) is 21.0. The topological polar surface area (TPSA) is 155 Å². The summed E-state index contributed by atoms with van der Waals surface area (Å²) in [5.74, 6) is -0.500. The molecule has 0 spiro atoms. The van der Waals surface area contributed by atoms with E-state index < -0.39 is 17.6 Å². The first-order valence-corrected chi connectivity index (χ1v) is 12.4. The number of nitrogens with one attached hydrogen (secondary N) is 3. The van der Waals surface area contributed by atoms with Gasteiger partial charge in [-0.15, -0.1) is 0 Å². The zero-order chi connectivity index (χ0) is 27.0. The summed E-state index contributed by atoms with van der Waals surface area (Å²) in [5.41, 5.74) is 0.253. The van der Waals surface area contributed by atoms with Crippen LogP contribution in [0.25, 0.3) is 0 Å². The van der Waals surface area contributed by atoms with E-state index in [1.54, 1.807) is 6.07 Å². The van der Waals surface area contributed by atoms with E-state index in [-0.39, 0.29) is 47.9 Å². The average molecular weight is 529 g/mol. The Kier molecular flexibility index (Phi) is 6.88. The molecule has 1 aromatic carbocycles. The number of benzene rings is 1. The number of rotatable bonds is 8. The summed E-state index contributed by atoms with van der Waals surface area (Å²) in [6, 6.07) is 3.04. The molecule has 0 radical (unpaired) electrons. The Morgan fingerprint density at radius 2 is 2.13 bits per heavy atom. The van der Waals surface area contributed by atoms with Gasteiger partial charge in [0.15, 0.2) is 18.2 Å². The molecule has 1 fully saturated rings. The number of cyclic esters (lactones) is 1. The standard InChI is InChI=1S/C25H29FN6O6/c1-25(2,36)23(34)29-15-7-14-5-13(6-17(14)18(26)8-15)9-27-4-3-16-11-32(24(35)38-16)19-10-28-22-21(30-19)31-20(33)12-37-22/h7-8,10,13,16,27,36H,3-6,9,11-12H2,1-2H3,(H,29,34)(H,30,31,33). The van der Waals surface area contributed by atoms with Crippen molar-refractivity contribution in [2.75, 3.05) is 41.8 Å². The number of amides is 3. The Balaban J connectivity index is 1.09. The van der Waals surface area contributed by atoms with E-state index in [9.17, 15) is 23.9 Å². The Morgan fingerprint density at radius 1 is 1.32 bits per heavy atom. The molecule has 0 bridgehead atoms. The predicted octanol–water partition coefficient (Wildman–Crippen LogP) is 1.38. The van der Waals surface area contributed by atoms with Gasteiger partial charge in [-0.3, -0.25) is 14.5 Å². The summed E-state index contributed by atoms with van der Waals surface area (Å²) in [5, 5.41) is 18.3. The smallest absolute Gasteiger partial charge is 0.415 e. The fourth-order valence-electron chi connectivity index (χ4n) is 4.69. The number of hydrogen-bond donors (Lipinski definition) is 4. The third kappa shape index (κ3) is 5.53. The maximum Gasteiger partial charge on any atom is 0.415 e. The molecule has 3 heterocycles. The highest BCUT2D eigenvalue weighted by Gasteiger charge is 2.34. The van der Waals surface area contributed by atoms with Gasteiger partial charge in [-0.25, -0.2) is 19.2 Å². The summed E-state index contributed by atoms with van der Waals surface area (Å²) in [7, 11) is 0. The Labute approximate surface area is 217 Å². The molecular weight excluding hydrogens is 499 g/mol. The number of ether oxygens (including phenoxy) is 2. The second kappa shape index (κ2) is 10.1. The molecule has 1 aliphatic carbocycles. The van der Waals surface area contributed by atoms with E-state index in [4.69, 9.17) is 9.47 Å². The first kappa shape index (κ1) is 25.8. The van der Waals surface area contributed by atoms with E-state index in [0.717, 1.165) is 5.56 Å². The molecule has 0 saturated carbocycles. The molecule has 1 saturated heterocycles. The number of nitrogens with zero attached hydrogens (tertiary/aromatic N) is 3. The number of fused-ring (bicyclic) bond motifs is 2. The molecule has 2 unspecified atom stereocenters. The Morgan fingerprint density at radius 3 is 2.92 bits per heavy atom. The maximum atomic E-state index is 14.7. The van der Waals surface area contributed by atoms with E-state index in [2.05, 4.69) is 25.9 Å². The van der Waals surface area contributed by atoms with Crippen LogP contribution in [0.3, 0.4) is 0 Å². The van der Waals surface area contributed by atoms with Gasteiger partial charge in [0.05, 0.1) is 12.7 Å². The summed E-state index contributed by atoms with van der Waals surface area (Å²) < 4.78 is 25.3. The normalized spacial score (nSPS) is 20.4. The second-order valence-corrected chi connectivity index (χ2v) is 10.2. The first-order valence-electron chi connectivity index (χ1n) is 12.4.